The SMILES string of the molecule is C/C=C\C(=C/C1C(C)CC1C)S(=O)(=O)O. The highest BCUT2D eigenvalue weighted by atomic mass is 32.2. The van der Waals surface area contributed by atoms with Crippen molar-refractivity contribution in [1.82, 2.24) is 0 Å². The van der Waals surface area contributed by atoms with Crippen LogP contribution in [-0.4, -0.2) is 13.0 Å². The predicted octanol–water partition coefficient (Wildman–Crippen LogP) is 2.63. The highest BCUT2D eigenvalue weighted by Gasteiger charge is 2.33. The van der Waals surface area contributed by atoms with Crippen LogP contribution in [0.1, 0.15) is 27.2 Å². The summed E-state index contributed by atoms with van der Waals surface area (Å²) >= 11 is 0. The first kappa shape index (κ1) is 12.5. The normalized spacial score (nSPS) is 33.1. The fraction of sp³-hybridized carbons (Fsp3) is 0.636. The van der Waals surface area contributed by atoms with Crippen LogP contribution in [0.3, 0.4) is 0 Å². The van der Waals surface area contributed by atoms with Crippen molar-refractivity contribution in [3.8, 4) is 0 Å². The second-order valence-electron chi connectivity index (χ2n) is 4.31. The van der Waals surface area contributed by atoms with Crippen molar-refractivity contribution < 1.29 is 13.0 Å². The lowest BCUT2D eigenvalue weighted by atomic mass is 9.66. The zero-order valence-corrected chi connectivity index (χ0v) is 10.2. The molecule has 1 saturated carbocycles. The van der Waals surface area contributed by atoms with Gasteiger partial charge in [-0.25, -0.2) is 0 Å². The zero-order chi connectivity index (χ0) is 11.6. The number of rotatable bonds is 3. The molecule has 0 aromatic rings. The van der Waals surface area contributed by atoms with Crippen LogP contribution in [0.2, 0.25) is 0 Å². The summed E-state index contributed by atoms with van der Waals surface area (Å²) in [5.74, 6) is 1.27. The van der Waals surface area contributed by atoms with Gasteiger partial charge in [0.15, 0.2) is 0 Å². The van der Waals surface area contributed by atoms with Crippen molar-refractivity contribution in [2.45, 2.75) is 27.2 Å². The first-order valence-electron chi connectivity index (χ1n) is 5.18. The molecule has 0 heterocycles. The molecule has 2 unspecified atom stereocenters. The zero-order valence-electron chi connectivity index (χ0n) is 9.34. The average Bonchev–Trinajstić information content (AvgIpc) is 2.10. The smallest absolute Gasteiger partial charge is 0.282 e. The molecule has 2 atom stereocenters. The molecule has 0 aromatic heterocycles. The van der Waals surface area contributed by atoms with E-state index in [-0.39, 0.29) is 10.8 Å². The van der Waals surface area contributed by atoms with Gasteiger partial charge in [-0.15, -0.1) is 0 Å². The van der Waals surface area contributed by atoms with Gasteiger partial charge in [-0.3, -0.25) is 4.55 Å². The Labute approximate surface area is 91.6 Å². The van der Waals surface area contributed by atoms with Crippen molar-refractivity contribution in [1.29, 1.82) is 0 Å². The van der Waals surface area contributed by atoms with Gasteiger partial charge in [-0.1, -0.05) is 26.0 Å². The molecule has 0 amide bonds. The summed E-state index contributed by atoms with van der Waals surface area (Å²) in [6.45, 7) is 5.92. The Morgan fingerprint density at radius 1 is 1.33 bits per heavy atom. The van der Waals surface area contributed by atoms with Crippen LogP contribution in [0.5, 0.6) is 0 Å². The van der Waals surface area contributed by atoms with Crippen molar-refractivity contribution >= 4 is 10.1 Å². The number of hydrogen-bond donors (Lipinski definition) is 1. The van der Waals surface area contributed by atoms with Crippen LogP contribution in [-0.2, 0) is 10.1 Å². The Morgan fingerprint density at radius 3 is 2.20 bits per heavy atom. The lowest BCUT2D eigenvalue weighted by molar-refractivity contribution is 0.148. The lowest BCUT2D eigenvalue weighted by Crippen LogP contribution is -2.31. The maximum Gasteiger partial charge on any atom is 0.294 e. The van der Waals surface area contributed by atoms with E-state index < -0.39 is 10.1 Å². The van der Waals surface area contributed by atoms with Crippen molar-refractivity contribution in [2.75, 3.05) is 0 Å². The van der Waals surface area contributed by atoms with Crippen LogP contribution in [0, 0.1) is 17.8 Å². The third-order valence-electron chi connectivity index (χ3n) is 3.04. The molecule has 15 heavy (non-hydrogen) atoms. The van der Waals surface area contributed by atoms with Crippen LogP contribution < -0.4 is 0 Å². The van der Waals surface area contributed by atoms with Gasteiger partial charge in [0.05, 0.1) is 4.91 Å². The highest BCUT2D eigenvalue weighted by Crippen LogP contribution is 2.41. The van der Waals surface area contributed by atoms with Crippen molar-refractivity contribution in [3.63, 3.8) is 0 Å². The Balaban J connectivity index is 2.95. The van der Waals surface area contributed by atoms with Gasteiger partial charge in [0.2, 0.25) is 0 Å². The minimum atomic E-state index is -4.07. The molecule has 0 spiro atoms. The number of allylic oxidation sites excluding steroid dienone is 3. The predicted molar refractivity (Wildman–Crippen MR) is 60.9 cm³/mol. The summed E-state index contributed by atoms with van der Waals surface area (Å²) in [6.07, 6.45) is 5.85. The van der Waals surface area contributed by atoms with Crippen LogP contribution >= 0.6 is 0 Å². The third-order valence-corrected chi connectivity index (χ3v) is 3.91. The molecule has 4 heteroatoms. The van der Waals surface area contributed by atoms with E-state index in [0.29, 0.717) is 11.8 Å². The van der Waals surface area contributed by atoms with Crippen LogP contribution in [0.4, 0.5) is 0 Å². The van der Waals surface area contributed by atoms with Gasteiger partial charge in [-0.2, -0.15) is 8.42 Å². The molecule has 1 rings (SSSR count). The van der Waals surface area contributed by atoms with Gasteiger partial charge in [0.1, 0.15) is 0 Å². The monoisotopic (exact) mass is 230 g/mol. The Bertz CT molecular complexity index is 371. The van der Waals surface area contributed by atoms with E-state index in [1.165, 1.54) is 6.08 Å². The van der Waals surface area contributed by atoms with Gasteiger partial charge in [-0.05, 0) is 37.2 Å². The lowest BCUT2D eigenvalue weighted by Gasteiger charge is -2.39. The Kier molecular flexibility index (Phi) is 3.73. The molecule has 0 radical (unpaired) electrons. The van der Waals surface area contributed by atoms with Gasteiger partial charge < -0.3 is 0 Å². The topological polar surface area (TPSA) is 54.4 Å². The molecule has 0 bridgehead atoms. The largest absolute Gasteiger partial charge is 0.294 e. The summed E-state index contributed by atoms with van der Waals surface area (Å²) in [4.78, 5) is 0.0217. The van der Waals surface area contributed by atoms with Gasteiger partial charge in [0.25, 0.3) is 10.1 Å². The molecule has 0 aromatic carbocycles. The third kappa shape index (κ3) is 2.92. The number of hydrogen-bond acceptors (Lipinski definition) is 2. The summed E-state index contributed by atoms with van der Waals surface area (Å²) in [5, 5.41) is 0. The standard InChI is InChI=1S/C11H18O3S/c1-4-5-10(15(12,13)14)7-11-8(2)6-9(11)3/h4-5,7-9,11H,6H2,1-3H3,(H,12,13,14)/b5-4-,10-7+. The fourth-order valence-corrected chi connectivity index (χ4v) is 2.81. The molecule has 0 saturated heterocycles. The van der Waals surface area contributed by atoms with E-state index in [9.17, 15) is 8.42 Å². The second-order valence-corrected chi connectivity index (χ2v) is 5.73. The Hall–Kier alpha value is -0.610. The summed E-state index contributed by atoms with van der Waals surface area (Å²) in [5.41, 5.74) is 0. The van der Waals surface area contributed by atoms with E-state index in [0.717, 1.165) is 6.42 Å². The second kappa shape index (κ2) is 4.49. The summed E-state index contributed by atoms with van der Waals surface area (Å²) in [6, 6.07) is 0. The first-order valence-corrected chi connectivity index (χ1v) is 6.62. The van der Waals surface area contributed by atoms with Gasteiger partial charge in [0, 0.05) is 0 Å². The van der Waals surface area contributed by atoms with E-state index in [2.05, 4.69) is 13.8 Å². The van der Waals surface area contributed by atoms with Crippen LogP contribution in [0.25, 0.3) is 0 Å². The molecule has 0 aliphatic heterocycles. The highest BCUT2D eigenvalue weighted by molar-refractivity contribution is 7.90. The summed E-state index contributed by atoms with van der Waals surface area (Å²) < 4.78 is 31.1. The van der Waals surface area contributed by atoms with Crippen LogP contribution in [0.15, 0.2) is 23.1 Å². The average molecular weight is 230 g/mol. The fourth-order valence-electron chi connectivity index (χ4n) is 2.18. The molecule has 1 aliphatic carbocycles. The minimum Gasteiger partial charge on any atom is -0.282 e. The van der Waals surface area contributed by atoms with Crippen molar-refractivity contribution in [2.24, 2.45) is 17.8 Å². The summed E-state index contributed by atoms with van der Waals surface area (Å²) in [7, 11) is -4.07. The molecule has 86 valence electrons. The molecule has 1 fully saturated rings. The first-order chi connectivity index (χ1) is 6.86. The molecule has 3 nitrogen and oxygen atoms in total. The maximum atomic E-state index is 11.0. The van der Waals surface area contributed by atoms with E-state index in [1.807, 2.05) is 0 Å². The molecular formula is C11H18O3S. The quantitative estimate of drug-likeness (QED) is 0.599. The van der Waals surface area contributed by atoms with E-state index in [4.69, 9.17) is 4.55 Å². The molecular weight excluding hydrogens is 212 g/mol. The minimum absolute atomic E-state index is 0.0217. The molecule has 1 N–H and O–H groups in total. The van der Waals surface area contributed by atoms with Gasteiger partial charge >= 0.3 is 0 Å². The van der Waals surface area contributed by atoms with Crippen molar-refractivity contribution in [3.05, 3.63) is 23.1 Å². The maximum absolute atomic E-state index is 11.0. The molecule has 1 aliphatic rings. The Morgan fingerprint density at radius 2 is 1.87 bits per heavy atom. The van der Waals surface area contributed by atoms with E-state index in [1.54, 1.807) is 19.1 Å². The van der Waals surface area contributed by atoms with E-state index >= 15 is 0 Å².